The molecule has 5 heteroatoms. The predicted molar refractivity (Wildman–Crippen MR) is 72.2 cm³/mol. The first-order valence-corrected chi connectivity index (χ1v) is 5.25. The van der Waals surface area contributed by atoms with E-state index in [4.69, 9.17) is 4.74 Å². The Bertz CT molecular complexity index is 721. The van der Waals surface area contributed by atoms with E-state index in [1.54, 1.807) is 6.20 Å². The number of rotatable bonds is 1. The van der Waals surface area contributed by atoms with Gasteiger partial charge in [-0.2, -0.15) is 0 Å². The number of H-pyrrole nitrogens is 1. The van der Waals surface area contributed by atoms with Gasteiger partial charge in [-0.15, -0.1) is 12.4 Å². The van der Waals surface area contributed by atoms with Crippen molar-refractivity contribution >= 4 is 40.2 Å². The quantitative estimate of drug-likeness (QED) is 0.686. The normalized spacial score (nSPS) is 10.3. The van der Waals surface area contributed by atoms with Gasteiger partial charge in [0, 0.05) is 22.5 Å². The Kier molecular flexibility index (Phi) is 3.21. The van der Waals surface area contributed by atoms with Crippen LogP contribution < -0.4 is 0 Å². The van der Waals surface area contributed by atoms with Crippen LogP contribution in [0.3, 0.4) is 0 Å². The molecule has 0 amide bonds. The Labute approximate surface area is 109 Å². The van der Waals surface area contributed by atoms with Crippen LogP contribution in [-0.4, -0.2) is 23.0 Å². The molecular weight excluding hydrogens is 252 g/mol. The molecule has 0 saturated carbocycles. The summed E-state index contributed by atoms with van der Waals surface area (Å²) in [6, 6.07) is 9.78. The summed E-state index contributed by atoms with van der Waals surface area (Å²) < 4.78 is 4.72. The number of hydrogen-bond donors (Lipinski definition) is 1. The van der Waals surface area contributed by atoms with Crippen LogP contribution in [0.5, 0.6) is 0 Å². The number of ether oxygens (including phenoxy) is 1. The summed E-state index contributed by atoms with van der Waals surface area (Å²) in [5.41, 5.74) is 2.03. The number of carbonyl (C=O) groups is 1. The number of halogens is 1. The van der Waals surface area contributed by atoms with Crippen LogP contribution >= 0.6 is 12.4 Å². The lowest BCUT2D eigenvalue weighted by Crippen LogP contribution is -2.04. The molecule has 1 aromatic carbocycles. The highest BCUT2D eigenvalue weighted by atomic mass is 35.5. The molecule has 0 bridgehead atoms. The monoisotopic (exact) mass is 262 g/mol. The summed E-state index contributed by atoms with van der Waals surface area (Å²) in [5, 5.41) is 2.06. The molecule has 0 fully saturated rings. The number of pyridine rings is 1. The summed E-state index contributed by atoms with van der Waals surface area (Å²) in [6.07, 6.45) is 1.62. The summed E-state index contributed by atoms with van der Waals surface area (Å²) >= 11 is 0. The minimum absolute atomic E-state index is 0. The number of hydrogen-bond acceptors (Lipinski definition) is 3. The van der Waals surface area contributed by atoms with Gasteiger partial charge in [-0.3, -0.25) is 0 Å². The van der Waals surface area contributed by atoms with Crippen molar-refractivity contribution in [3.05, 3.63) is 42.2 Å². The molecular formula is C13H11ClN2O2. The van der Waals surface area contributed by atoms with E-state index in [0.29, 0.717) is 5.69 Å². The number of carbonyl (C=O) groups excluding carboxylic acids is 1. The number of nitrogens with zero attached hydrogens (tertiary/aromatic N) is 1. The van der Waals surface area contributed by atoms with E-state index in [9.17, 15) is 4.79 Å². The van der Waals surface area contributed by atoms with E-state index in [0.717, 1.165) is 21.8 Å². The van der Waals surface area contributed by atoms with Crippen molar-refractivity contribution in [1.29, 1.82) is 0 Å². The molecule has 3 aromatic rings. The minimum Gasteiger partial charge on any atom is -0.464 e. The Morgan fingerprint density at radius 1 is 1.22 bits per heavy atom. The summed E-state index contributed by atoms with van der Waals surface area (Å²) in [6.45, 7) is 0. The number of esters is 1. The fourth-order valence-electron chi connectivity index (χ4n) is 2.03. The minimum atomic E-state index is -0.429. The van der Waals surface area contributed by atoms with Crippen molar-refractivity contribution in [3.63, 3.8) is 0 Å². The molecule has 4 nitrogen and oxygen atoms in total. The maximum Gasteiger partial charge on any atom is 0.358 e. The zero-order chi connectivity index (χ0) is 11.8. The van der Waals surface area contributed by atoms with Gasteiger partial charge in [0.15, 0.2) is 5.69 Å². The lowest BCUT2D eigenvalue weighted by atomic mass is 10.1. The van der Waals surface area contributed by atoms with Crippen LogP contribution in [0.2, 0.25) is 0 Å². The molecule has 0 radical (unpaired) electrons. The molecule has 0 saturated heterocycles. The number of para-hydroxylation sites is 1. The standard InChI is InChI=1S/C13H10N2O2.ClH/c1-17-13(16)12-11-9(6-7-14-12)8-4-2-3-5-10(8)15-11;/h2-7,15H,1H3;1H. The number of aromatic amines is 1. The number of fused-ring (bicyclic) bond motifs is 3. The second-order valence-electron chi connectivity index (χ2n) is 3.74. The SMILES string of the molecule is COC(=O)c1nccc2c1[nH]c1ccccc12.Cl. The molecule has 0 spiro atoms. The molecule has 18 heavy (non-hydrogen) atoms. The van der Waals surface area contributed by atoms with Gasteiger partial charge >= 0.3 is 5.97 Å². The zero-order valence-electron chi connectivity index (χ0n) is 9.64. The molecule has 0 aliphatic rings. The van der Waals surface area contributed by atoms with Gasteiger partial charge in [0.2, 0.25) is 0 Å². The van der Waals surface area contributed by atoms with E-state index < -0.39 is 5.97 Å². The highest BCUT2D eigenvalue weighted by molar-refractivity contribution is 6.12. The Hall–Kier alpha value is -2.07. The van der Waals surface area contributed by atoms with Gasteiger partial charge in [0.1, 0.15) is 0 Å². The second-order valence-corrected chi connectivity index (χ2v) is 3.74. The van der Waals surface area contributed by atoms with Crippen molar-refractivity contribution in [2.75, 3.05) is 7.11 Å². The fraction of sp³-hybridized carbons (Fsp3) is 0.0769. The Balaban J connectivity index is 0.00000120. The molecule has 2 aromatic heterocycles. The van der Waals surface area contributed by atoms with Crippen molar-refractivity contribution in [2.24, 2.45) is 0 Å². The van der Waals surface area contributed by atoms with Crippen LogP contribution in [0.25, 0.3) is 21.8 Å². The van der Waals surface area contributed by atoms with Gasteiger partial charge in [-0.1, -0.05) is 18.2 Å². The largest absolute Gasteiger partial charge is 0.464 e. The van der Waals surface area contributed by atoms with Gasteiger partial charge in [0.25, 0.3) is 0 Å². The summed E-state index contributed by atoms with van der Waals surface area (Å²) in [7, 11) is 1.35. The zero-order valence-corrected chi connectivity index (χ0v) is 10.5. The van der Waals surface area contributed by atoms with Crippen LogP contribution in [0, 0.1) is 0 Å². The molecule has 1 N–H and O–H groups in total. The molecule has 2 heterocycles. The molecule has 92 valence electrons. The van der Waals surface area contributed by atoms with E-state index in [1.807, 2.05) is 30.3 Å². The van der Waals surface area contributed by atoms with E-state index in [2.05, 4.69) is 9.97 Å². The van der Waals surface area contributed by atoms with E-state index in [1.165, 1.54) is 7.11 Å². The third kappa shape index (κ3) is 1.71. The second kappa shape index (κ2) is 4.66. The molecule has 0 aliphatic carbocycles. The lowest BCUT2D eigenvalue weighted by Gasteiger charge is -1.99. The maximum absolute atomic E-state index is 11.6. The van der Waals surface area contributed by atoms with Gasteiger partial charge in [0.05, 0.1) is 12.6 Å². The summed E-state index contributed by atoms with van der Waals surface area (Å²) in [5.74, 6) is -0.429. The highest BCUT2D eigenvalue weighted by Crippen LogP contribution is 2.26. The number of aromatic nitrogens is 2. The first kappa shape index (κ1) is 12.4. The first-order chi connectivity index (χ1) is 8.31. The van der Waals surface area contributed by atoms with Crippen LogP contribution in [-0.2, 0) is 4.74 Å². The third-order valence-electron chi connectivity index (χ3n) is 2.81. The van der Waals surface area contributed by atoms with Crippen molar-refractivity contribution < 1.29 is 9.53 Å². The molecule has 3 rings (SSSR count). The van der Waals surface area contributed by atoms with Crippen molar-refractivity contribution in [2.45, 2.75) is 0 Å². The Morgan fingerprint density at radius 2 is 2.00 bits per heavy atom. The van der Waals surface area contributed by atoms with Crippen molar-refractivity contribution in [1.82, 2.24) is 9.97 Å². The predicted octanol–water partition coefficient (Wildman–Crippen LogP) is 2.92. The van der Waals surface area contributed by atoms with Crippen molar-refractivity contribution in [3.8, 4) is 0 Å². The first-order valence-electron chi connectivity index (χ1n) is 5.25. The lowest BCUT2D eigenvalue weighted by molar-refractivity contribution is 0.0596. The molecule has 0 atom stereocenters. The van der Waals surface area contributed by atoms with E-state index in [-0.39, 0.29) is 12.4 Å². The van der Waals surface area contributed by atoms with Crippen LogP contribution in [0.1, 0.15) is 10.5 Å². The average molecular weight is 263 g/mol. The topological polar surface area (TPSA) is 55.0 Å². The third-order valence-corrected chi connectivity index (χ3v) is 2.81. The molecule has 0 unspecified atom stereocenters. The number of nitrogens with one attached hydrogen (secondary N) is 1. The Morgan fingerprint density at radius 3 is 2.78 bits per heavy atom. The number of methoxy groups -OCH3 is 1. The summed E-state index contributed by atoms with van der Waals surface area (Å²) in [4.78, 5) is 18.9. The smallest absolute Gasteiger partial charge is 0.358 e. The van der Waals surface area contributed by atoms with Gasteiger partial charge < -0.3 is 9.72 Å². The fourth-order valence-corrected chi connectivity index (χ4v) is 2.03. The van der Waals surface area contributed by atoms with Crippen LogP contribution in [0.4, 0.5) is 0 Å². The number of benzene rings is 1. The average Bonchev–Trinajstić information content (AvgIpc) is 2.76. The van der Waals surface area contributed by atoms with E-state index >= 15 is 0 Å². The van der Waals surface area contributed by atoms with Gasteiger partial charge in [-0.05, 0) is 12.1 Å². The van der Waals surface area contributed by atoms with Crippen LogP contribution in [0.15, 0.2) is 36.5 Å². The molecule has 0 aliphatic heterocycles. The highest BCUT2D eigenvalue weighted by Gasteiger charge is 2.14. The van der Waals surface area contributed by atoms with Gasteiger partial charge in [-0.25, -0.2) is 9.78 Å². The maximum atomic E-state index is 11.6.